The summed E-state index contributed by atoms with van der Waals surface area (Å²) in [6.45, 7) is 7.16. The lowest BCUT2D eigenvalue weighted by atomic mass is 9.98. The summed E-state index contributed by atoms with van der Waals surface area (Å²) in [4.78, 5) is 31.2. The number of fused-ring (bicyclic) bond motifs is 2. The topological polar surface area (TPSA) is 72.2 Å². The van der Waals surface area contributed by atoms with Crippen LogP contribution in [-0.2, 0) is 6.61 Å². The van der Waals surface area contributed by atoms with Crippen LogP contribution in [-0.4, -0.2) is 49.0 Å². The maximum atomic E-state index is 14.1. The number of likely N-dealkylation sites (N-methyl/N-ethyl adjacent to an activating group) is 1. The van der Waals surface area contributed by atoms with Gasteiger partial charge in [0.1, 0.15) is 18.0 Å². The molecule has 0 spiro atoms. The molecule has 1 amide bonds. The molecular weight excluding hydrogens is 499 g/mol. The molecule has 2 heterocycles. The van der Waals surface area contributed by atoms with Crippen molar-refractivity contribution in [1.82, 2.24) is 9.80 Å². The fourth-order valence-electron chi connectivity index (χ4n) is 5.07. The van der Waals surface area contributed by atoms with Crippen molar-refractivity contribution in [2.75, 3.05) is 33.3 Å². The molecule has 3 aromatic carbocycles. The second-order valence-corrected chi connectivity index (χ2v) is 9.43. The molecule has 1 aromatic heterocycles. The minimum absolute atomic E-state index is 0.00738. The molecule has 0 bridgehead atoms. The third-order valence-electron chi connectivity index (χ3n) is 7.22. The average Bonchev–Trinajstić information content (AvgIpc) is 3.24. The van der Waals surface area contributed by atoms with Crippen LogP contribution in [0.25, 0.3) is 11.0 Å². The molecule has 0 saturated carbocycles. The van der Waals surface area contributed by atoms with Crippen LogP contribution >= 0.6 is 0 Å². The minimum atomic E-state index is -0.718. The van der Waals surface area contributed by atoms with Gasteiger partial charge in [0.2, 0.25) is 5.76 Å². The molecule has 0 N–H and O–H groups in total. The van der Waals surface area contributed by atoms with Crippen molar-refractivity contribution in [3.63, 3.8) is 0 Å². The van der Waals surface area contributed by atoms with Gasteiger partial charge in [0.05, 0.1) is 24.1 Å². The summed E-state index contributed by atoms with van der Waals surface area (Å²) in [6.07, 6.45) is 0. The van der Waals surface area contributed by atoms with E-state index in [2.05, 4.69) is 18.7 Å². The van der Waals surface area contributed by atoms with Crippen LogP contribution in [0, 0.1) is 5.82 Å². The highest BCUT2D eigenvalue weighted by molar-refractivity contribution is 5.99. The third kappa shape index (κ3) is 5.12. The van der Waals surface area contributed by atoms with Crippen molar-refractivity contribution < 1.29 is 23.1 Å². The molecule has 39 heavy (non-hydrogen) atoms. The van der Waals surface area contributed by atoms with E-state index in [4.69, 9.17) is 13.9 Å². The first-order valence-electron chi connectivity index (χ1n) is 13.1. The highest BCUT2D eigenvalue weighted by Gasteiger charge is 2.43. The van der Waals surface area contributed by atoms with E-state index >= 15 is 0 Å². The summed E-state index contributed by atoms with van der Waals surface area (Å²) >= 11 is 0. The lowest BCUT2D eigenvalue weighted by Gasteiger charge is -2.28. The number of halogens is 1. The first kappa shape index (κ1) is 26.4. The smallest absolute Gasteiger partial charge is 0.290 e. The molecule has 1 atom stereocenters. The first-order chi connectivity index (χ1) is 18.9. The van der Waals surface area contributed by atoms with E-state index in [0.29, 0.717) is 36.8 Å². The van der Waals surface area contributed by atoms with Gasteiger partial charge in [0.15, 0.2) is 16.9 Å². The van der Waals surface area contributed by atoms with Gasteiger partial charge in [0.25, 0.3) is 5.91 Å². The maximum Gasteiger partial charge on any atom is 0.290 e. The number of nitrogens with zero attached hydrogens (tertiary/aromatic N) is 2. The lowest BCUT2D eigenvalue weighted by molar-refractivity contribution is 0.0708. The van der Waals surface area contributed by atoms with E-state index in [0.717, 1.165) is 24.7 Å². The van der Waals surface area contributed by atoms with Gasteiger partial charge in [-0.2, -0.15) is 0 Å². The number of hydrogen-bond donors (Lipinski definition) is 0. The zero-order chi connectivity index (χ0) is 27.5. The van der Waals surface area contributed by atoms with Crippen LogP contribution in [0.2, 0.25) is 0 Å². The van der Waals surface area contributed by atoms with E-state index in [-0.39, 0.29) is 28.2 Å². The number of benzene rings is 3. The van der Waals surface area contributed by atoms with Gasteiger partial charge in [-0.05, 0) is 54.5 Å². The Balaban J connectivity index is 1.57. The molecule has 0 saturated heterocycles. The molecule has 7 nitrogen and oxygen atoms in total. The number of carbonyl (C=O) groups excluding carboxylic acids is 1. The highest BCUT2D eigenvalue weighted by Crippen LogP contribution is 2.41. The Hall–Kier alpha value is -4.17. The largest absolute Gasteiger partial charge is 0.493 e. The van der Waals surface area contributed by atoms with Crippen LogP contribution in [0.4, 0.5) is 4.39 Å². The van der Waals surface area contributed by atoms with Gasteiger partial charge in [0, 0.05) is 13.1 Å². The maximum absolute atomic E-state index is 14.1. The van der Waals surface area contributed by atoms with Gasteiger partial charge in [-0.1, -0.05) is 50.2 Å². The lowest BCUT2D eigenvalue weighted by Crippen LogP contribution is -2.37. The number of rotatable bonds is 10. The van der Waals surface area contributed by atoms with E-state index in [1.54, 1.807) is 24.1 Å². The van der Waals surface area contributed by atoms with Gasteiger partial charge in [-0.3, -0.25) is 9.59 Å². The molecule has 5 rings (SSSR count). The normalized spacial score (nSPS) is 14.7. The van der Waals surface area contributed by atoms with Crippen LogP contribution < -0.4 is 14.9 Å². The van der Waals surface area contributed by atoms with Crippen molar-refractivity contribution in [1.29, 1.82) is 0 Å². The summed E-state index contributed by atoms with van der Waals surface area (Å²) in [5.74, 6) is 0.0951. The molecular formula is C31H31FN2O5. The Kier molecular flexibility index (Phi) is 7.65. The van der Waals surface area contributed by atoms with Gasteiger partial charge < -0.3 is 23.7 Å². The molecule has 8 heteroatoms. The van der Waals surface area contributed by atoms with E-state index in [9.17, 15) is 14.0 Å². The zero-order valence-electron chi connectivity index (χ0n) is 22.3. The third-order valence-corrected chi connectivity index (χ3v) is 7.22. The Morgan fingerprint density at radius 3 is 2.46 bits per heavy atom. The van der Waals surface area contributed by atoms with Crippen molar-refractivity contribution in [3.05, 3.63) is 105 Å². The van der Waals surface area contributed by atoms with Gasteiger partial charge >= 0.3 is 0 Å². The van der Waals surface area contributed by atoms with Crippen LogP contribution in [0.15, 0.2) is 75.9 Å². The number of hydrogen-bond acceptors (Lipinski definition) is 6. The fourth-order valence-corrected chi connectivity index (χ4v) is 5.07. The second-order valence-electron chi connectivity index (χ2n) is 9.43. The molecule has 0 fully saturated rings. The monoisotopic (exact) mass is 530 g/mol. The summed E-state index contributed by atoms with van der Waals surface area (Å²) in [7, 11) is 1.55. The van der Waals surface area contributed by atoms with Crippen LogP contribution in [0.3, 0.4) is 0 Å². The minimum Gasteiger partial charge on any atom is -0.493 e. The van der Waals surface area contributed by atoms with Crippen molar-refractivity contribution in [2.45, 2.75) is 26.5 Å². The van der Waals surface area contributed by atoms with Crippen LogP contribution in [0.1, 0.15) is 47.1 Å². The Morgan fingerprint density at radius 1 is 0.974 bits per heavy atom. The standard InChI is InChI=1S/C31H31FN2O5/c1-4-33(5-2)15-16-34-28(27-29(35)23-18-22(32)12-14-24(23)39-30(27)31(34)36)21-11-13-25(26(17-21)37-3)38-19-20-9-7-6-8-10-20/h6-14,17-18,28H,4-5,15-16,19H2,1-3H3. The fraction of sp³-hybridized carbons (Fsp3) is 0.290. The Labute approximate surface area is 226 Å². The highest BCUT2D eigenvalue weighted by atomic mass is 19.1. The molecule has 1 aliphatic heterocycles. The predicted octanol–water partition coefficient (Wildman–Crippen LogP) is 5.41. The molecule has 0 radical (unpaired) electrons. The molecule has 1 unspecified atom stereocenters. The van der Waals surface area contributed by atoms with Gasteiger partial charge in [-0.25, -0.2) is 4.39 Å². The molecule has 4 aromatic rings. The average molecular weight is 531 g/mol. The Bertz CT molecular complexity index is 1550. The van der Waals surface area contributed by atoms with Crippen molar-refractivity contribution in [3.8, 4) is 11.5 Å². The van der Waals surface area contributed by atoms with Gasteiger partial charge in [-0.15, -0.1) is 0 Å². The zero-order valence-corrected chi connectivity index (χ0v) is 22.3. The number of methoxy groups -OCH3 is 1. The summed E-state index contributed by atoms with van der Waals surface area (Å²) in [6, 6.07) is 18.2. The first-order valence-corrected chi connectivity index (χ1v) is 13.1. The number of amides is 1. The predicted molar refractivity (Wildman–Crippen MR) is 147 cm³/mol. The van der Waals surface area contributed by atoms with E-state index in [1.807, 2.05) is 36.4 Å². The molecule has 202 valence electrons. The van der Waals surface area contributed by atoms with Crippen molar-refractivity contribution in [2.24, 2.45) is 0 Å². The van der Waals surface area contributed by atoms with Crippen molar-refractivity contribution >= 4 is 16.9 Å². The quantitative estimate of drug-likeness (QED) is 0.273. The summed E-state index contributed by atoms with van der Waals surface area (Å²) in [5.41, 5.74) is 1.66. The summed E-state index contributed by atoms with van der Waals surface area (Å²) in [5, 5.41) is 0.104. The Morgan fingerprint density at radius 2 is 1.74 bits per heavy atom. The second kappa shape index (κ2) is 11.3. The molecule has 1 aliphatic rings. The number of ether oxygens (including phenoxy) is 2. The summed E-state index contributed by atoms with van der Waals surface area (Å²) < 4.78 is 31.7. The molecule has 0 aliphatic carbocycles. The SMILES string of the molecule is CCN(CC)CCN1C(=O)c2oc3ccc(F)cc3c(=O)c2C1c1ccc(OCc2ccccc2)c(OC)c1. The van der Waals surface area contributed by atoms with E-state index < -0.39 is 17.3 Å². The van der Waals surface area contributed by atoms with Crippen LogP contribution in [0.5, 0.6) is 11.5 Å². The van der Waals surface area contributed by atoms with E-state index in [1.165, 1.54) is 12.1 Å². The number of carbonyl (C=O) groups is 1.